The predicted octanol–water partition coefficient (Wildman–Crippen LogP) is 2.42. The Kier molecular flexibility index (Phi) is 6.26. The molecule has 2 heterocycles. The number of nitrogens with zero attached hydrogens (tertiary/aromatic N) is 4. The number of para-hydroxylation sites is 1. The standard InChI is InChI=1S/C18H20N6O2S/c1-27-9-8-25-18-21-7-6-14(23-18)13-4-2-3-5-15(13)26-11-12-10-22-17(20)24-16(12)19/h2-7,10H,8-9,11H2,1H3,(H4,19,20,22,24). The fourth-order valence-electron chi connectivity index (χ4n) is 2.28. The second-order valence-electron chi connectivity index (χ2n) is 5.49. The van der Waals surface area contributed by atoms with Crippen LogP contribution in [0.3, 0.4) is 0 Å². The van der Waals surface area contributed by atoms with Gasteiger partial charge in [-0.05, 0) is 24.5 Å². The molecule has 4 N–H and O–H groups in total. The average Bonchev–Trinajstić information content (AvgIpc) is 2.68. The molecular formula is C18H20N6O2S. The van der Waals surface area contributed by atoms with Crippen molar-refractivity contribution in [3.63, 3.8) is 0 Å². The largest absolute Gasteiger partial charge is 0.488 e. The smallest absolute Gasteiger partial charge is 0.316 e. The molecule has 0 saturated carbocycles. The van der Waals surface area contributed by atoms with Crippen LogP contribution >= 0.6 is 11.8 Å². The van der Waals surface area contributed by atoms with Crippen LogP contribution in [0.25, 0.3) is 11.3 Å². The van der Waals surface area contributed by atoms with Crippen molar-refractivity contribution in [3.05, 3.63) is 48.3 Å². The minimum Gasteiger partial charge on any atom is -0.488 e. The minimum atomic E-state index is 0.131. The summed E-state index contributed by atoms with van der Waals surface area (Å²) in [5.41, 5.74) is 13.6. The van der Waals surface area contributed by atoms with E-state index in [2.05, 4.69) is 19.9 Å². The molecule has 0 atom stereocenters. The van der Waals surface area contributed by atoms with Gasteiger partial charge in [-0.15, -0.1) is 0 Å². The fourth-order valence-corrected chi connectivity index (χ4v) is 2.53. The second kappa shape index (κ2) is 9.04. The van der Waals surface area contributed by atoms with Gasteiger partial charge in [0.25, 0.3) is 0 Å². The number of hydrogen-bond acceptors (Lipinski definition) is 9. The first-order chi connectivity index (χ1) is 13.2. The molecule has 0 amide bonds. The SMILES string of the molecule is CSCCOc1nccc(-c2ccccc2OCc2cnc(N)nc2N)n1. The van der Waals surface area contributed by atoms with Crippen molar-refractivity contribution in [1.82, 2.24) is 19.9 Å². The van der Waals surface area contributed by atoms with Crippen LogP contribution in [-0.4, -0.2) is 38.6 Å². The van der Waals surface area contributed by atoms with Crippen LogP contribution in [0.2, 0.25) is 0 Å². The van der Waals surface area contributed by atoms with E-state index in [9.17, 15) is 0 Å². The van der Waals surface area contributed by atoms with E-state index in [0.29, 0.717) is 35.4 Å². The van der Waals surface area contributed by atoms with Crippen LogP contribution in [0.1, 0.15) is 5.56 Å². The van der Waals surface area contributed by atoms with Crippen LogP contribution in [0, 0.1) is 0 Å². The highest BCUT2D eigenvalue weighted by Gasteiger charge is 2.11. The van der Waals surface area contributed by atoms with E-state index >= 15 is 0 Å². The van der Waals surface area contributed by atoms with Crippen molar-refractivity contribution in [2.24, 2.45) is 0 Å². The first-order valence-electron chi connectivity index (χ1n) is 8.21. The van der Waals surface area contributed by atoms with Gasteiger partial charge in [-0.25, -0.2) is 9.97 Å². The summed E-state index contributed by atoms with van der Waals surface area (Å²) in [6.45, 7) is 0.768. The fraction of sp³-hybridized carbons (Fsp3) is 0.222. The number of rotatable bonds is 8. The first kappa shape index (κ1) is 18.7. The van der Waals surface area contributed by atoms with Crippen molar-refractivity contribution < 1.29 is 9.47 Å². The van der Waals surface area contributed by atoms with Gasteiger partial charge in [-0.3, -0.25) is 0 Å². The Morgan fingerprint density at radius 1 is 1.04 bits per heavy atom. The zero-order valence-corrected chi connectivity index (χ0v) is 15.6. The van der Waals surface area contributed by atoms with E-state index in [1.807, 2.05) is 36.6 Å². The number of nitrogens with two attached hydrogens (primary N) is 2. The Morgan fingerprint density at radius 2 is 1.89 bits per heavy atom. The third kappa shape index (κ3) is 4.98. The van der Waals surface area contributed by atoms with Crippen molar-refractivity contribution in [3.8, 4) is 23.0 Å². The van der Waals surface area contributed by atoms with Crippen molar-refractivity contribution in [2.75, 3.05) is 30.1 Å². The van der Waals surface area contributed by atoms with Crippen LogP contribution < -0.4 is 20.9 Å². The Hall–Kier alpha value is -3.07. The quantitative estimate of drug-likeness (QED) is 0.564. The van der Waals surface area contributed by atoms with Gasteiger partial charge < -0.3 is 20.9 Å². The average molecular weight is 384 g/mol. The molecule has 1 aromatic carbocycles. The topological polar surface area (TPSA) is 122 Å². The van der Waals surface area contributed by atoms with Gasteiger partial charge in [0.05, 0.1) is 11.3 Å². The van der Waals surface area contributed by atoms with Gasteiger partial charge in [0.1, 0.15) is 24.8 Å². The normalized spacial score (nSPS) is 10.6. The van der Waals surface area contributed by atoms with E-state index in [0.717, 1.165) is 11.3 Å². The molecular weight excluding hydrogens is 364 g/mol. The molecule has 3 rings (SSSR count). The lowest BCUT2D eigenvalue weighted by Gasteiger charge is -2.12. The molecule has 140 valence electrons. The Balaban J connectivity index is 1.78. The zero-order chi connectivity index (χ0) is 19.1. The van der Waals surface area contributed by atoms with Gasteiger partial charge in [0.15, 0.2) is 0 Å². The maximum absolute atomic E-state index is 5.93. The van der Waals surface area contributed by atoms with E-state index in [-0.39, 0.29) is 12.6 Å². The van der Waals surface area contributed by atoms with Crippen molar-refractivity contribution >= 4 is 23.5 Å². The van der Waals surface area contributed by atoms with Gasteiger partial charge in [0.2, 0.25) is 5.95 Å². The van der Waals surface area contributed by atoms with Gasteiger partial charge in [0, 0.05) is 23.7 Å². The van der Waals surface area contributed by atoms with E-state index in [1.165, 1.54) is 0 Å². The highest BCUT2D eigenvalue weighted by atomic mass is 32.2. The summed E-state index contributed by atoms with van der Waals surface area (Å²) in [5.74, 6) is 1.96. The molecule has 9 heteroatoms. The summed E-state index contributed by atoms with van der Waals surface area (Å²) in [4.78, 5) is 16.5. The molecule has 0 aliphatic rings. The van der Waals surface area contributed by atoms with E-state index in [1.54, 1.807) is 24.2 Å². The molecule has 2 aromatic heterocycles. The molecule has 0 fully saturated rings. The number of nitrogen functional groups attached to an aromatic ring is 2. The van der Waals surface area contributed by atoms with Crippen LogP contribution in [0.4, 0.5) is 11.8 Å². The maximum atomic E-state index is 5.93. The second-order valence-corrected chi connectivity index (χ2v) is 6.47. The highest BCUT2D eigenvalue weighted by molar-refractivity contribution is 7.98. The maximum Gasteiger partial charge on any atom is 0.316 e. The molecule has 3 aromatic rings. The van der Waals surface area contributed by atoms with Gasteiger partial charge >= 0.3 is 6.01 Å². The number of anilines is 2. The summed E-state index contributed by atoms with van der Waals surface area (Å²) in [7, 11) is 0. The van der Waals surface area contributed by atoms with Crippen molar-refractivity contribution in [1.29, 1.82) is 0 Å². The molecule has 27 heavy (non-hydrogen) atoms. The molecule has 0 bridgehead atoms. The summed E-state index contributed by atoms with van der Waals surface area (Å²) >= 11 is 1.70. The Bertz CT molecular complexity index is 909. The number of thioether (sulfide) groups is 1. The summed E-state index contributed by atoms with van der Waals surface area (Å²) in [6.07, 6.45) is 5.25. The zero-order valence-electron chi connectivity index (χ0n) is 14.8. The molecule has 0 radical (unpaired) electrons. The third-order valence-electron chi connectivity index (χ3n) is 3.61. The van der Waals surface area contributed by atoms with Crippen LogP contribution in [0.15, 0.2) is 42.7 Å². The van der Waals surface area contributed by atoms with Crippen molar-refractivity contribution in [2.45, 2.75) is 6.61 Å². The Morgan fingerprint density at radius 3 is 2.70 bits per heavy atom. The molecule has 0 saturated heterocycles. The number of aromatic nitrogens is 4. The molecule has 0 aliphatic heterocycles. The predicted molar refractivity (Wildman–Crippen MR) is 107 cm³/mol. The molecule has 8 nitrogen and oxygen atoms in total. The van der Waals surface area contributed by atoms with Gasteiger partial charge in [-0.2, -0.15) is 21.7 Å². The van der Waals surface area contributed by atoms with Crippen LogP contribution in [0.5, 0.6) is 11.8 Å². The summed E-state index contributed by atoms with van der Waals surface area (Å²) in [5, 5.41) is 0. The number of hydrogen-bond donors (Lipinski definition) is 2. The lowest BCUT2D eigenvalue weighted by atomic mass is 10.1. The Labute approximate surface area is 161 Å². The minimum absolute atomic E-state index is 0.131. The molecule has 0 spiro atoms. The summed E-state index contributed by atoms with van der Waals surface area (Å²) in [6, 6.07) is 9.74. The molecule has 0 aliphatic carbocycles. The third-order valence-corrected chi connectivity index (χ3v) is 4.19. The number of ether oxygens (including phenoxy) is 2. The summed E-state index contributed by atoms with van der Waals surface area (Å²) < 4.78 is 11.5. The van der Waals surface area contributed by atoms with Gasteiger partial charge in [-0.1, -0.05) is 12.1 Å². The monoisotopic (exact) mass is 384 g/mol. The lowest BCUT2D eigenvalue weighted by molar-refractivity contribution is 0.306. The first-order valence-corrected chi connectivity index (χ1v) is 9.60. The molecule has 0 unspecified atom stereocenters. The van der Waals surface area contributed by atoms with Crippen LogP contribution in [-0.2, 0) is 6.61 Å². The van der Waals surface area contributed by atoms with E-state index < -0.39 is 0 Å². The van der Waals surface area contributed by atoms with E-state index in [4.69, 9.17) is 20.9 Å². The number of benzene rings is 1. The lowest BCUT2D eigenvalue weighted by Crippen LogP contribution is -2.06. The highest BCUT2D eigenvalue weighted by Crippen LogP contribution is 2.30.